The molecular weight excluding hydrogens is 272 g/mol. The fourth-order valence-corrected chi connectivity index (χ4v) is 2.92. The molecule has 3 nitrogen and oxygen atoms in total. The number of fused-ring (bicyclic) bond motifs is 1. The van der Waals surface area contributed by atoms with Crippen molar-refractivity contribution in [2.75, 3.05) is 13.1 Å². The average Bonchev–Trinajstić information content (AvgIpc) is 2.99. The van der Waals surface area contributed by atoms with Crippen LogP contribution in [0.4, 0.5) is 0 Å². The van der Waals surface area contributed by atoms with E-state index in [1.165, 1.54) is 0 Å². The molecule has 4 heteroatoms. The lowest BCUT2D eigenvalue weighted by atomic mass is 10.1. The summed E-state index contributed by atoms with van der Waals surface area (Å²) in [7, 11) is 0. The maximum absolute atomic E-state index is 12.3. The van der Waals surface area contributed by atoms with Crippen molar-refractivity contribution >= 4 is 28.4 Å². The summed E-state index contributed by atoms with van der Waals surface area (Å²) in [5.41, 5.74) is 2.77. The molecule has 1 amide bonds. The van der Waals surface area contributed by atoms with Crippen LogP contribution in [0.1, 0.15) is 29.5 Å². The number of amides is 1. The first-order valence-electron chi connectivity index (χ1n) is 6.95. The Morgan fingerprint density at radius 1 is 1.25 bits per heavy atom. The van der Waals surface area contributed by atoms with Gasteiger partial charge in [0.05, 0.1) is 5.52 Å². The number of likely N-dealkylation sites (tertiary alicyclic amines) is 1. The van der Waals surface area contributed by atoms with Crippen LogP contribution in [0.5, 0.6) is 0 Å². The highest BCUT2D eigenvalue weighted by Crippen LogP contribution is 2.27. The third-order valence-corrected chi connectivity index (χ3v) is 4.22. The topological polar surface area (TPSA) is 33.2 Å². The Morgan fingerprint density at radius 3 is 2.75 bits per heavy atom. The fraction of sp³-hybridized carbons (Fsp3) is 0.375. The summed E-state index contributed by atoms with van der Waals surface area (Å²) in [4.78, 5) is 18.6. The molecule has 1 aromatic carbocycles. The van der Waals surface area contributed by atoms with Gasteiger partial charge >= 0.3 is 0 Å². The first-order valence-corrected chi connectivity index (χ1v) is 7.39. The normalized spacial score (nSPS) is 16.6. The standard InChI is InChI=1S/C16H17ClN2O/c1-11-4-5-12-10-13(6-7-14(12)18-11)15(17)16(20)19-8-2-3-9-19/h4-7,10,15H,2-3,8-9H2,1H3. The van der Waals surface area contributed by atoms with Gasteiger partial charge < -0.3 is 4.90 Å². The predicted molar refractivity (Wildman–Crippen MR) is 80.9 cm³/mol. The van der Waals surface area contributed by atoms with Crippen LogP contribution in [-0.2, 0) is 4.79 Å². The zero-order valence-corrected chi connectivity index (χ0v) is 12.2. The summed E-state index contributed by atoms with van der Waals surface area (Å²) < 4.78 is 0. The second-order valence-corrected chi connectivity index (χ2v) is 5.74. The van der Waals surface area contributed by atoms with E-state index in [9.17, 15) is 4.79 Å². The number of rotatable bonds is 2. The van der Waals surface area contributed by atoms with E-state index >= 15 is 0 Å². The number of nitrogens with zero attached hydrogens (tertiary/aromatic N) is 2. The second-order valence-electron chi connectivity index (χ2n) is 5.30. The molecule has 1 fully saturated rings. The van der Waals surface area contributed by atoms with Crippen LogP contribution in [0.15, 0.2) is 30.3 Å². The number of halogens is 1. The lowest BCUT2D eigenvalue weighted by Gasteiger charge is -2.19. The van der Waals surface area contributed by atoms with Crippen molar-refractivity contribution in [2.45, 2.75) is 25.1 Å². The molecule has 1 aliphatic heterocycles. The monoisotopic (exact) mass is 288 g/mol. The van der Waals surface area contributed by atoms with Gasteiger partial charge in [-0.05, 0) is 43.5 Å². The number of benzene rings is 1. The molecule has 1 aromatic heterocycles. The number of aromatic nitrogens is 1. The number of hydrogen-bond donors (Lipinski definition) is 0. The molecule has 1 saturated heterocycles. The molecular formula is C16H17ClN2O. The van der Waals surface area contributed by atoms with E-state index in [0.29, 0.717) is 0 Å². The van der Waals surface area contributed by atoms with Gasteiger partial charge in [-0.15, -0.1) is 11.6 Å². The first kappa shape index (κ1) is 13.4. The Labute approximate surface area is 123 Å². The Morgan fingerprint density at radius 2 is 2.00 bits per heavy atom. The molecule has 1 aliphatic rings. The average molecular weight is 289 g/mol. The van der Waals surface area contributed by atoms with E-state index in [1.807, 2.05) is 42.2 Å². The summed E-state index contributed by atoms with van der Waals surface area (Å²) in [5, 5.41) is 0.423. The van der Waals surface area contributed by atoms with Crippen LogP contribution in [0, 0.1) is 6.92 Å². The van der Waals surface area contributed by atoms with Crippen molar-refractivity contribution in [3.63, 3.8) is 0 Å². The highest BCUT2D eigenvalue weighted by Gasteiger charge is 2.26. The number of alkyl halides is 1. The SMILES string of the molecule is Cc1ccc2cc(C(Cl)C(=O)N3CCCC3)ccc2n1. The van der Waals surface area contributed by atoms with Crippen LogP contribution >= 0.6 is 11.6 Å². The lowest BCUT2D eigenvalue weighted by Crippen LogP contribution is -2.30. The summed E-state index contributed by atoms with van der Waals surface area (Å²) in [5.74, 6) is 0.0172. The molecule has 1 atom stereocenters. The smallest absolute Gasteiger partial charge is 0.245 e. The van der Waals surface area contributed by atoms with Gasteiger partial charge in [0.1, 0.15) is 5.38 Å². The van der Waals surface area contributed by atoms with Crippen molar-refractivity contribution < 1.29 is 4.79 Å². The highest BCUT2D eigenvalue weighted by atomic mass is 35.5. The van der Waals surface area contributed by atoms with Crippen molar-refractivity contribution in [3.05, 3.63) is 41.6 Å². The Balaban J connectivity index is 1.89. The molecule has 0 saturated carbocycles. The molecule has 0 radical (unpaired) electrons. The van der Waals surface area contributed by atoms with Gasteiger partial charge in [0.25, 0.3) is 0 Å². The van der Waals surface area contributed by atoms with E-state index in [1.54, 1.807) is 0 Å². The number of carbonyl (C=O) groups excluding carboxylic acids is 1. The Hall–Kier alpha value is -1.61. The number of aryl methyl sites for hydroxylation is 1. The van der Waals surface area contributed by atoms with Crippen molar-refractivity contribution in [2.24, 2.45) is 0 Å². The minimum absolute atomic E-state index is 0.0172. The molecule has 0 spiro atoms. The summed E-state index contributed by atoms with van der Waals surface area (Å²) in [6.07, 6.45) is 2.16. The van der Waals surface area contributed by atoms with Crippen LogP contribution < -0.4 is 0 Å². The maximum Gasteiger partial charge on any atom is 0.245 e. The predicted octanol–water partition coefficient (Wildman–Crippen LogP) is 3.45. The third kappa shape index (κ3) is 2.50. The fourth-order valence-electron chi connectivity index (χ4n) is 2.64. The van der Waals surface area contributed by atoms with E-state index in [-0.39, 0.29) is 5.91 Å². The van der Waals surface area contributed by atoms with Crippen molar-refractivity contribution in [1.82, 2.24) is 9.88 Å². The van der Waals surface area contributed by atoms with Crippen molar-refractivity contribution in [1.29, 1.82) is 0 Å². The van der Waals surface area contributed by atoms with E-state index in [2.05, 4.69) is 4.98 Å². The van der Waals surface area contributed by atoms with Crippen LogP contribution in [-0.4, -0.2) is 28.9 Å². The van der Waals surface area contributed by atoms with Crippen LogP contribution in [0.2, 0.25) is 0 Å². The van der Waals surface area contributed by atoms with E-state index in [0.717, 1.165) is 48.1 Å². The van der Waals surface area contributed by atoms with Gasteiger partial charge in [0.15, 0.2) is 0 Å². The quantitative estimate of drug-likeness (QED) is 0.793. The maximum atomic E-state index is 12.3. The molecule has 104 valence electrons. The number of carbonyl (C=O) groups is 1. The molecule has 2 heterocycles. The van der Waals surface area contributed by atoms with Gasteiger partial charge in [-0.1, -0.05) is 12.1 Å². The Bertz CT molecular complexity index is 650. The lowest BCUT2D eigenvalue weighted by molar-refractivity contribution is -0.129. The molecule has 2 aromatic rings. The van der Waals surface area contributed by atoms with E-state index < -0.39 is 5.38 Å². The molecule has 3 rings (SSSR count). The van der Waals surface area contributed by atoms with Crippen molar-refractivity contribution in [3.8, 4) is 0 Å². The summed E-state index contributed by atoms with van der Waals surface area (Å²) >= 11 is 6.36. The molecule has 0 N–H and O–H groups in total. The summed E-state index contributed by atoms with van der Waals surface area (Å²) in [6, 6.07) is 9.79. The summed E-state index contributed by atoms with van der Waals surface area (Å²) in [6.45, 7) is 3.63. The molecule has 20 heavy (non-hydrogen) atoms. The minimum Gasteiger partial charge on any atom is -0.341 e. The Kier molecular flexibility index (Phi) is 3.62. The van der Waals surface area contributed by atoms with E-state index in [4.69, 9.17) is 11.6 Å². The van der Waals surface area contributed by atoms with Gasteiger partial charge in [-0.3, -0.25) is 9.78 Å². The van der Waals surface area contributed by atoms with Crippen LogP contribution in [0.3, 0.4) is 0 Å². The molecule has 1 unspecified atom stereocenters. The minimum atomic E-state index is -0.598. The zero-order valence-electron chi connectivity index (χ0n) is 11.5. The first-order chi connectivity index (χ1) is 9.65. The van der Waals surface area contributed by atoms with Gasteiger partial charge in [0, 0.05) is 24.2 Å². The van der Waals surface area contributed by atoms with Gasteiger partial charge in [-0.2, -0.15) is 0 Å². The molecule has 0 aliphatic carbocycles. The number of hydrogen-bond acceptors (Lipinski definition) is 2. The van der Waals surface area contributed by atoms with Crippen LogP contribution in [0.25, 0.3) is 10.9 Å². The highest BCUT2D eigenvalue weighted by molar-refractivity contribution is 6.30. The van der Waals surface area contributed by atoms with Gasteiger partial charge in [0.2, 0.25) is 5.91 Å². The second kappa shape index (κ2) is 5.41. The van der Waals surface area contributed by atoms with Gasteiger partial charge in [-0.25, -0.2) is 0 Å². The molecule has 0 bridgehead atoms. The number of pyridine rings is 1. The zero-order chi connectivity index (χ0) is 14.1. The largest absolute Gasteiger partial charge is 0.341 e. The third-order valence-electron chi connectivity index (χ3n) is 3.78.